The molecule has 2 unspecified atom stereocenters. The molecule has 1 fully saturated rings. The maximum Gasteiger partial charge on any atom is 0.0914 e. The van der Waals surface area contributed by atoms with Crippen LogP contribution >= 0.6 is 0 Å². The maximum absolute atomic E-state index is 10.1. The summed E-state index contributed by atoms with van der Waals surface area (Å²) in [5.41, 5.74) is 0.991. The average molecular weight is 262 g/mol. The van der Waals surface area contributed by atoms with Gasteiger partial charge in [0.25, 0.3) is 0 Å². The molecule has 3 nitrogen and oxygen atoms in total. The molecule has 3 heteroatoms. The summed E-state index contributed by atoms with van der Waals surface area (Å²) in [4.78, 5) is 2.39. The zero-order valence-electron chi connectivity index (χ0n) is 12.0. The van der Waals surface area contributed by atoms with Crippen molar-refractivity contribution in [3.63, 3.8) is 0 Å². The molecule has 1 aliphatic heterocycles. The van der Waals surface area contributed by atoms with E-state index in [0.29, 0.717) is 12.6 Å². The highest BCUT2D eigenvalue weighted by Crippen LogP contribution is 2.20. The van der Waals surface area contributed by atoms with Crippen LogP contribution in [0.25, 0.3) is 0 Å². The van der Waals surface area contributed by atoms with E-state index in [2.05, 4.69) is 24.2 Å². The third-order valence-corrected chi connectivity index (χ3v) is 4.29. The number of aliphatic hydroxyl groups is 1. The van der Waals surface area contributed by atoms with Gasteiger partial charge in [0.15, 0.2) is 0 Å². The molecule has 0 bridgehead atoms. The molecule has 1 aromatic carbocycles. The van der Waals surface area contributed by atoms with Crippen LogP contribution in [0.5, 0.6) is 0 Å². The Balaban J connectivity index is 1.75. The van der Waals surface area contributed by atoms with Gasteiger partial charge in [-0.2, -0.15) is 0 Å². The van der Waals surface area contributed by atoms with Crippen molar-refractivity contribution in [3.8, 4) is 0 Å². The zero-order valence-corrected chi connectivity index (χ0v) is 12.0. The van der Waals surface area contributed by atoms with Gasteiger partial charge >= 0.3 is 0 Å². The number of rotatable bonds is 5. The van der Waals surface area contributed by atoms with Gasteiger partial charge < -0.3 is 15.3 Å². The van der Waals surface area contributed by atoms with Crippen molar-refractivity contribution < 1.29 is 5.11 Å². The number of benzene rings is 1. The van der Waals surface area contributed by atoms with E-state index in [0.717, 1.165) is 11.5 Å². The lowest BCUT2D eigenvalue weighted by atomic mass is 9.90. The average Bonchev–Trinajstić information content (AvgIpc) is 2.46. The van der Waals surface area contributed by atoms with Crippen LogP contribution < -0.4 is 5.32 Å². The second-order valence-electron chi connectivity index (χ2n) is 5.76. The van der Waals surface area contributed by atoms with Crippen molar-refractivity contribution >= 4 is 0 Å². The molecule has 2 atom stereocenters. The highest BCUT2D eigenvalue weighted by Gasteiger charge is 2.22. The van der Waals surface area contributed by atoms with E-state index < -0.39 is 6.10 Å². The normalized spacial score (nSPS) is 21.2. The summed E-state index contributed by atoms with van der Waals surface area (Å²) in [5.74, 6) is 0.735. The van der Waals surface area contributed by atoms with Crippen molar-refractivity contribution in [2.24, 2.45) is 5.92 Å². The molecule has 0 saturated carbocycles. The summed E-state index contributed by atoms with van der Waals surface area (Å²) < 4.78 is 0. The Hall–Kier alpha value is -0.900. The number of nitrogens with zero attached hydrogens (tertiary/aromatic N) is 1. The zero-order chi connectivity index (χ0) is 13.7. The van der Waals surface area contributed by atoms with Crippen molar-refractivity contribution in [1.29, 1.82) is 0 Å². The number of likely N-dealkylation sites (tertiary alicyclic amines) is 1. The van der Waals surface area contributed by atoms with E-state index in [1.54, 1.807) is 0 Å². The molecule has 106 valence electrons. The lowest BCUT2D eigenvalue weighted by Crippen LogP contribution is -2.41. The van der Waals surface area contributed by atoms with Crippen LogP contribution in [0.3, 0.4) is 0 Å². The molecule has 0 radical (unpaired) electrons. The van der Waals surface area contributed by atoms with Crippen LogP contribution in [0.15, 0.2) is 30.3 Å². The van der Waals surface area contributed by atoms with Gasteiger partial charge in [-0.3, -0.25) is 0 Å². The molecule has 0 amide bonds. The fourth-order valence-electron chi connectivity index (χ4n) is 2.79. The molecule has 1 heterocycles. The van der Waals surface area contributed by atoms with Crippen molar-refractivity contribution in [3.05, 3.63) is 35.9 Å². The fraction of sp³-hybridized carbons (Fsp3) is 0.625. The molecule has 0 aromatic heterocycles. The first-order valence-electron chi connectivity index (χ1n) is 7.31. The summed E-state index contributed by atoms with van der Waals surface area (Å²) in [7, 11) is 2.19. The molecule has 19 heavy (non-hydrogen) atoms. The van der Waals surface area contributed by atoms with Gasteiger partial charge in [0.2, 0.25) is 0 Å². The Morgan fingerprint density at radius 1 is 1.26 bits per heavy atom. The van der Waals surface area contributed by atoms with Crippen LogP contribution in [0.1, 0.15) is 31.4 Å². The summed E-state index contributed by atoms with van der Waals surface area (Å²) in [6.07, 6.45) is 2.10. The van der Waals surface area contributed by atoms with Gasteiger partial charge in [0, 0.05) is 12.6 Å². The van der Waals surface area contributed by atoms with Crippen molar-refractivity contribution in [2.45, 2.75) is 31.9 Å². The Morgan fingerprint density at radius 2 is 1.89 bits per heavy atom. The summed E-state index contributed by atoms with van der Waals surface area (Å²) in [5, 5.41) is 13.6. The minimum absolute atomic E-state index is 0.407. The van der Waals surface area contributed by atoms with E-state index in [9.17, 15) is 5.11 Å². The number of hydrogen-bond acceptors (Lipinski definition) is 3. The van der Waals surface area contributed by atoms with Crippen molar-refractivity contribution in [2.75, 3.05) is 26.7 Å². The SMILES string of the molecule is CC(NCC(O)c1ccccc1)C1CCN(C)CC1. The Morgan fingerprint density at radius 3 is 2.53 bits per heavy atom. The third-order valence-electron chi connectivity index (χ3n) is 4.29. The Bertz CT molecular complexity index is 360. The quantitative estimate of drug-likeness (QED) is 0.852. The monoisotopic (exact) mass is 262 g/mol. The molecule has 2 rings (SSSR count). The van der Waals surface area contributed by atoms with Gasteiger partial charge in [-0.15, -0.1) is 0 Å². The van der Waals surface area contributed by atoms with Gasteiger partial charge in [-0.25, -0.2) is 0 Å². The second kappa shape index (κ2) is 7.04. The number of nitrogens with one attached hydrogen (secondary N) is 1. The largest absolute Gasteiger partial charge is 0.387 e. The van der Waals surface area contributed by atoms with Gasteiger partial charge in [-0.05, 0) is 51.4 Å². The summed E-state index contributed by atoms with van der Waals surface area (Å²) >= 11 is 0. The minimum Gasteiger partial charge on any atom is -0.387 e. The highest BCUT2D eigenvalue weighted by atomic mass is 16.3. The van der Waals surface area contributed by atoms with E-state index in [4.69, 9.17) is 0 Å². The predicted molar refractivity (Wildman–Crippen MR) is 79.1 cm³/mol. The maximum atomic E-state index is 10.1. The van der Waals surface area contributed by atoms with Crippen LogP contribution in [0.4, 0.5) is 0 Å². The van der Waals surface area contributed by atoms with E-state index >= 15 is 0 Å². The topological polar surface area (TPSA) is 35.5 Å². The lowest BCUT2D eigenvalue weighted by molar-refractivity contribution is 0.150. The van der Waals surface area contributed by atoms with Crippen molar-refractivity contribution in [1.82, 2.24) is 10.2 Å². The fourth-order valence-corrected chi connectivity index (χ4v) is 2.79. The lowest BCUT2D eigenvalue weighted by Gasteiger charge is -2.33. The molecule has 1 aliphatic rings. The van der Waals surface area contributed by atoms with Crippen LogP contribution in [-0.4, -0.2) is 42.7 Å². The minimum atomic E-state index is -0.407. The van der Waals surface area contributed by atoms with Gasteiger partial charge in [0.1, 0.15) is 0 Å². The number of hydrogen-bond donors (Lipinski definition) is 2. The second-order valence-corrected chi connectivity index (χ2v) is 5.76. The third kappa shape index (κ3) is 4.30. The standard InChI is InChI=1S/C16H26N2O/c1-13(14-8-10-18(2)11-9-14)17-12-16(19)15-6-4-3-5-7-15/h3-7,13-14,16-17,19H,8-12H2,1-2H3. The van der Waals surface area contributed by atoms with Crippen LogP contribution in [0, 0.1) is 5.92 Å². The molecule has 2 N–H and O–H groups in total. The Labute approximate surface area is 116 Å². The van der Waals surface area contributed by atoms with Gasteiger partial charge in [-0.1, -0.05) is 30.3 Å². The summed E-state index contributed by atoms with van der Waals surface area (Å²) in [6, 6.07) is 10.4. The predicted octanol–water partition coefficient (Wildman–Crippen LogP) is 2.04. The molecule has 1 aromatic rings. The van der Waals surface area contributed by atoms with Crippen LogP contribution in [-0.2, 0) is 0 Å². The molecular formula is C16H26N2O. The van der Waals surface area contributed by atoms with E-state index in [-0.39, 0.29) is 0 Å². The smallest absolute Gasteiger partial charge is 0.0914 e. The number of aliphatic hydroxyl groups excluding tert-OH is 1. The number of piperidine rings is 1. The Kier molecular flexibility index (Phi) is 5.37. The first-order valence-corrected chi connectivity index (χ1v) is 7.31. The van der Waals surface area contributed by atoms with E-state index in [1.807, 2.05) is 30.3 Å². The van der Waals surface area contributed by atoms with E-state index in [1.165, 1.54) is 25.9 Å². The molecular weight excluding hydrogens is 236 g/mol. The molecule has 1 saturated heterocycles. The highest BCUT2D eigenvalue weighted by molar-refractivity contribution is 5.17. The molecule has 0 spiro atoms. The van der Waals surface area contributed by atoms with Crippen LogP contribution in [0.2, 0.25) is 0 Å². The first-order chi connectivity index (χ1) is 9.16. The summed E-state index contributed by atoms with van der Waals surface area (Å²) in [6.45, 7) is 5.26. The van der Waals surface area contributed by atoms with Gasteiger partial charge in [0.05, 0.1) is 6.10 Å². The first kappa shape index (κ1) is 14.5. The molecule has 0 aliphatic carbocycles.